The Kier molecular flexibility index (Phi) is 5.82. The second kappa shape index (κ2) is 7.39. The van der Waals surface area contributed by atoms with Crippen LogP contribution in [0.1, 0.15) is 24.4 Å². The Balaban J connectivity index is 1.97. The number of rotatable bonds is 5. The van der Waals surface area contributed by atoms with E-state index in [1.165, 1.54) is 31.5 Å². The van der Waals surface area contributed by atoms with Gasteiger partial charge in [0.2, 0.25) is 0 Å². The number of likely N-dealkylation sites (tertiary alicyclic amines) is 1. The molecule has 1 unspecified atom stereocenters. The Bertz CT molecular complexity index is 371. The molecular weight excluding hydrogens is 302 g/mol. The molecule has 106 valence electrons. The fourth-order valence-electron chi connectivity index (χ4n) is 3.04. The van der Waals surface area contributed by atoms with E-state index in [-0.39, 0.29) is 0 Å². The van der Waals surface area contributed by atoms with E-state index in [0.29, 0.717) is 6.04 Å². The van der Waals surface area contributed by atoms with E-state index < -0.39 is 0 Å². The molecule has 0 saturated carbocycles. The smallest absolute Gasteiger partial charge is 0.0347 e. The molecule has 1 atom stereocenters. The van der Waals surface area contributed by atoms with Crippen molar-refractivity contribution in [3.8, 4) is 0 Å². The second-order valence-corrected chi connectivity index (χ2v) is 6.20. The first-order chi connectivity index (χ1) is 9.24. The van der Waals surface area contributed by atoms with Crippen LogP contribution in [-0.2, 0) is 0 Å². The molecule has 4 heteroatoms. The van der Waals surface area contributed by atoms with Crippen molar-refractivity contribution in [3.63, 3.8) is 0 Å². The van der Waals surface area contributed by atoms with Gasteiger partial charge < -0.3 is 16.0 Å². The van der Waals surface area contributed by atoms with Gasteiger partial charge in [-0.25, -0.2) is 0 Å². The number of benzene rings is 1. The molecule has 0 aromatic heterocycles. The SMILES string of the molecule is CNC(c1ccc(Br)cc1)C1CCN(CCN)CC1. The monoisotopic (exact) mass is 325 g/mol. The van der Waals surface area contributed by atoms with E-state index in [0.717, 1.165) is 23.5 Å². The summed E-state index contributed by atoms with van der Waals surface area (Å²) >= 11 is 3.50. The topological polar surface area (TPSA) is 41.3 Å². The first-order valence-electron chi connectivity index (χ1n) is 7.09. The number of piperidine rings is 1. The third-order valence-corrected chi connectivity index (χ3v) is 4.62. The van der Waals surface area contributed by atoms with E-state index in [2.05, 4.69) is 57.5 Å². The van der Waals surface area contributed by atoms with E-state index in [1.807, 2.05) is 0 Å². The fourth-order valence-corrected chi connectivity index (χ4v) is 3.30. The highest BCUT2D eigenvalue weighted by molar-refractivity contribution is 9.10. The standard InChI is InChI=1S/C15H24BrN3/c1-18-15(12-2-4-14(16)5-3-12)13-6-9-19(10-7-13)11-8-17/h2-5,13,15,18H,6-11,17H2,1H3. The average Bonchev–Trinajstić information content (AvgIpc) is 2.44. The molecule has 1 fully saturated rings. The van der Waals surface area contributed by atoms with Gasteiger partial charge in [0.05, 0.1) is 0 Å². The minimum absolute atomic E-state index is 0.466. The van der Waals surface area contributed by atoms with Crippen LogP contribution in [-0.4, -0.2) is 38.1 Å². The van der Waals surface area contributed by atoms with Crippen LogP contribution < -0.4 is 11.1 Å². The van der Waals surface area contributed by atoms with Crippen molar-refractivity contribution in [3.05, 3.63) is 34.3 Å². The summed E-state index contributed by atoms with van der Waals surface area (Å²) in [6.45, 7) is 4.16. The van der Waals surface area contributed by atoms with Crippen LogP contribution in [0.4, 0.5) is 0 Å². The normalized spacial score (nSPS) is 19.5. The molecule has 1 aliphatic rings. The number of hydrogen-bond donors (Lipinski definition) is 2. The molecular formula is C15H24BrN3. The summed E-state index contributed by atoms with van der Waals surface area (Å²) in [4.78, 5) is 2.48. The molecule has 3 nitrogen and oxygen atoms in total. The quantitative estimate of drug-likeness (QED) is 0.873. The van der Waals surface area contributed by atoms with Gasteiger partial charge in [-0.05, 0) is 56.6 Å². The number of nitrogens with zero attached hydrogens (tertiary/aromatic N) is 1. The molecule has 19 heavy (non-hydrogen) atoms. The lowest BCUT2D eigenvalue weighted by Gasteiger charge is -2.36. The van der Waals surface area contributed by atoms with Gasteiger partial charge in [0.25, 0.3) is 0 Å². The summed E-state index contributed by atoms with van der Waals surface area (Å²) in [7, 11) is 2.07. The zero-order valence-electron chi connectivity index (χ0n) is 11.6. The molecule has 1 aromatic rings. The summed E-state index contributed by atoms with van der Waals surface area (Å²) in [6.07, 6.45) is 2.50. The maximum atomic E-state index is 5.63. The highest BCUT2D eigenvalue weighted by Gasteiger charge is 2.26. The lowest BCUT2D eigenvalue weighted by Crippen LogP contribution is -2.40. The van der Waals surface area contributed by atoms with Gasteiger partial charge in [-0.2, -0.15) is 0 Å². The fraction of sp³-hybridized carbons (Fsp3) is 0.600. The summed E-state index contributed by atoms with van der Waals surface area (Å²) in [5.74, 6) is 0.722. The lowest BCUT2D eigenvalue weighted by atomic mass is 9.85. The average molecular weight is 326 g/mol. The van der Waals surface area contributed by atoms with Gasteiger partial charge in [-0.1, -0.05) is 28.1 Å². The van der Waals surface area contributed by atoms with Crippen LogP contribution in [0.3, 0.4) is 0 Å². The first-order valence-corrected chi connectivity index (χ1v) is 7.89. The van der Waals surface area contributed by atoms with Crippen molar-refractivity contribution >= 4 is 15.9 Å². The highest BCUT2D eigenvalue weighted by Crippen LogP contribution is 2.31. The van der Waals surface area contributed by atoms with Crippen LogP contribution in [0.2, 0.25) is 0 Å². The number of nitrogens with two attached hydrogens (primary N) is 1. The maximum Gasteiger partial charge on any atom is 0.0347 e. The summed E-state index contributed by atoms with van der Waals surface area (Å²) in [5, 5.41) is 3.50. The van der Waals surface area contributed by atoms with Gasteiger partial charge in [0.1, 0.15) is 0 Å². The first kappa shape index (κ1) is 15.0. The van der Waals surface area contributed by atoms with Crippen LogP contribution in [0.15, 0.2) is 28.7 Å². The van der Waals surface area contributed by atoms with Crippen molar-refractivity contribution in [2.45, 2.75) is 18.9 Å². The minimum atomic E-state index is 0.466. The Labute approximate surface area is 124 Å². The van der Waals surface area contributed by atoms with Crippen LogP contribution in [0.25, 0.3) is 0 Å². The highest BCUT2D eigenvalue weighted by atomic mass is 79.9. The van der Waals surface area contributed by atoms with Gasteiger partial charge in [-0.15, -0.1) is 0 Å². The molecule has 3 N–H and O–H groups in total. The van der Waals surface area contributed by atoms with Gasteiger partial charge >= 0.3 is 0 Å². The van der Waals surface area contributed by atoms with Crippen molar-refractivity contribution in [2.75, 3.05) is 33.2 Å². The number of nitrogens with one attached hydrogen (secondary N) is 1. The molecule has 0 spiro atoms. The van der Waals surface area contributed by atoms with Crippen molar-refractivity contribution < 1.29 is 0 Å². The van der Waals surface area contributed by atoms with E-state index in [9.17, 15) is 0 Å². The predicted molar refractivity (Wildman–Crippen MR) is 84.2 cm³/mol. The molecule has 2 rings (SSSR count). The third-order valence-electron chi connectivity index (χ3n) is 4.09. The van der Waals surface area contributed by atoms with Crippen molar-refractivity contribution in [1.29, 1.82) is 0 Å². The number of halogens is 1. The molecule has 0 aliphatic carbocycles. The molecule has 0 bridgehead atoms. The Morgan fingerprint density at radius 2 is 1.95 bits per heavy atom. The summed E-state index contributed by atoms with van der Waals surface area (Å²) < 4.78 is 1.14. The molecule has 1 aromatic carbocycles. The predicted octanol–water partition coefficient (Wildman–Crippen LogP) is 2.38. The maximum absolute atomic E-state index is 5.63. The Hall–Kier alpha value is -0.420. The molecule has 0 amide bonds. The largest absolute Gasteiger partial charge is 0.329 e. The van der Waals surface area contributed by atoms with E-state index in [4.69, 9.17) is 5.73 Å². The van der Waals surface area contributed by atoms with Crippen LogP contribution in [0.5, 0.6) is 0 Å². The van der Waals surface area contributed by atoms with Crippen LogP contribution in [0, 0.1) is 5.92 Å². The third kappa shape index (κ3) is 4.02. The van der Waals surface area contributed by atoms with E-state index in [1.54, 1.807) is 0 Å². The zero-order chi connectivity index (χ0) is 13.7. The Morgan fingerprint density at radius 1 is 1.32 bits per heavy atom. The molecule has 1 heterocycles. The summed E-state index contributed by atoms with van der Waals surface area (Å²) in [5.41, 5.74) is 7.02. The van der Waals surface area contributed by atoms with E-state index >= 15 is 0 Å². The van der Waals surface area contributed by atoms with Crippen molar-refractivity contribution in [1.82, 2.24) is 10.2 Å². The van der Waals surface area contributed by atoms with Gasteiger partial charge in [-0.3, -0.25) is 0 Å². The minimum Gasteiger partial charge on any atom is -0.329 e. The number of hydrogen-bond acceptors (Lipinski definition) is 3. The van der Waals surface area contributed by atoms with Crippen LogP contribution >= 0.6 is 15.9 Å². The van der Waals surface area contributed by atoms with Gasteiger partial charge in [0.15, 0.2) is 0 Å². The molecule has 1 aliphatic heterocycles. The second-order valence-electron chi connectivity index (χ2n) is 5.29. The molecule has 1 saturated heterocycles. The Morgan fingerprint density at radius 3 is 2.47 bits per heavy atom. The van der Waals surface area contributed by atoms with Gasteiger partial charge in [0, 0.05) is 23.6 Å². The van der Waals surface area contributed by atoms with Crippen molar-refractivity contribution in [2.24, 2.45) is 11.7 Å². The molecule has 0 radical (unpaired) electrons. The zero-order valence-corrected chi connectivity index (χ0v) is 13.2. The summed E-state index contributed by atoms with van der Waals surface area (Å²) in [6, 6.07) is 9.16. The lowest BCUT2D eigenvalue weighted by molar-refractivity contribution is 0.164.